The van der Waals surface area contributed by atoms with Crippen LogP contribution in [0.25, 0.3) is 0 Å². The van der Waals surface area contributed by atoms with Gasteiger partial charge < -0.3 is 0 Å². The molecule has 1 aromatic carbocycles. The fraction of sp³-hybridized carbons (Fsp3) is 0.462. The Labute approximate surface area is 102 Å². The summed E-state index contributed by atoms with van der Waals surface area (Å²) in [6.07, 6.45) is 0. The van der Waals surface area contributed by atoms with Gasteiger partial charge in [-0.05, 0) is 30.7 Å². The molecular weight excluding hydrogens is 220 g/mol. The van der Waals surface area contributed by atoms with Crippen LogP contribution in [0.2, 0.25) is 5.02 Å². The van der Waals surface area contributed by atoms with Crippen molar-refractivity contribution in [3.63, 3.8) is 0 Å². The van der Waals surface area contributed by atoms with E-state index in [1.54, 1.807) is 0 Å². The van der Waals surface area contributed by atoms with Gasteiger partial charge in [-0.1, -0.05) is 37.6 Å². The van der Waals surface area contributed by atoms with Crippen molar-refractivity contribution in [2.75, 3.05) is 13.6 Å². The van der Waals surface area contributed by atoms with Gasteiger partial charge in [-0.15, -0.1) is 0 Å². The first-order valence-electron chi connectivity index (χ1n) is 5.40. The molecule has 0 aromatic heterocycles. The Bertz CT molecular complexity index is 382. The lowest BCUT2D eigenvalue weighted by Gasteiger charge is -2.24. The maximum absolute atomic E-state index is 9.22. The molecule has 1 unspecified atom stereocenters. The second kappa shape index (κ2) is 5.89. The van der Waals surface area contributed by atoms with Crippen molar-refractivity contribution in [2.24, 2.45) is 5.92 Å². The average Bonchev–Trinajstić information content (AvgIpc) is 2.17. The van der Waals surface area contributed by atoms with Gasteiger partial charge in [-0.2, -0.15) is 5.26 Å². The molecule has 0 saturated carbocycles. The highest BCUT2D eigenvalue weighted by Crippen LogP contribution is 2.22. The van der Waals surface area contributed by atoms with Gasteiger partial charge >= 0.3 is 0 Å². The smallest absolute Gasteiger partial charge is 0.123 e. The number of hydrogen-bond acceptors (Lipinski definition) is 2. The van der Waals surface area contributed by atoms with E-state index < -0.39 is 0 Å². The summed E-state index contributed by atoms with van der Waals surface area (Å²) >= 11 is 5.93. The number of rotatable bonds is 4. The Morgan fingerprint density at radius 3 is 2.62 bits per heavy atom. The van der Waals surface area contributed by atoms with Crippen molar-refractivity contribution in [3.8, 4) is 6.07 Å². The van der Waals surface area contributed by atoms with Crippen molar-refractivity contribution >= 4 is 11.6 Å². The molecule has 0 fully saturated rings. The number of nitrogens with zero attached hydrogens (tertiary/aromatic N) is 2. The lowest BCUT2D eigenvalue weighted by atomic mass is 10.1. The molecule has 3 heteroatoms. The summed E-state index contributed by atoms with van der Waals surface area (Å²) < 4.78 is 0. The van der Waals surface area contributed by atoms with Crippen LogP contribution in [0.4, 0.5) is 0 Å². The van der Waals surface area contributed by atoms with E-state index in [1.165, 1.54) is 0 Å². The molecule has 0 aliphatic heterocycles. The standard InChI is InChI=1S/C13H17ClN2/c1-10(2)9-16(3)13(8-15)11-5-4-6-12(14)7-11/h4-7,10,13H,9H2,1-3H3. The van der Waals surface area contributed by atoms with Gasteiger partial charge in [-0.25, -0.2) is 0 Å². The highest BCUT2D eigenvalue weighted by atomic mass is 35.5. The maximum Gasteiger partial charge on any atom is 0.123 e. The molecule has 0 amide bonds. The molecule has 0 bridgehead atoms. The van der Waals surface area contributed by atoms with E-state index in [0.717, 1.165) is 12.1 Å². The minimum Gasteiger partial charge on any atom is -0.287 e. The van der Waals surface area contributed by atoms with Gasteiger partial charge in [-0.3, -0.25) is 4.90 Å². The molecule has 16 heavy (non-hydrogen) atoms. The zero-order chi connectivity index (χ0) is 12.1. The van der Waals surface area contributed by atoms with Crippen LogP contribution in [0, 0.1) is 17.2 Å². The largest absolute Gasteiger partial charge is 0.287 e. The van der Waals surface area contributed by atoms with E-state index >= 15 is 0 Å². The summed E-state index contributed by atoms with van der Waals surface area (Å²) in [5.74, 6) is 0.542. The van der Waals surface area contributed by atoms with Gasteiger partial charge in [0.1, 0.15) is 6.04 Å². The minimum atomic E-state index is -0.221. The lowest BCUT2D eigenvalue weighted by Crippen LogP contribution is -2.27. The maximum atomic E-state index is 9.22. The van der Waals surface area contributed by atoms with E-state index in [0.29, 0.717) is 10.9 Å². The molecule has 1 aromatic rings. The van der Waals surface area contributed by atoms with Crippen LogP contribution in [-0.2, 0) is 0 Å². The summed E-state index contributed by atoms with van der Waals surface area (Å²) in [4.78, 5) is 2.05. The van der Waals surface area contributed by atoms with E-state index in [9.17, 15) is 5.26 Å². The van der Waals surface area contributed by atoms with Crippen LogP contribution in [0.15, 0.2) is 24.3 Å². The van der Waals surface area contributed by atoms with E-state index in [4.69, 9.17) is 11.6 Å². The van der Waals surface area contributed by atoms with Crippen LogP contribution in [0.5, 0.6) is 0 Å². The third-order valence-corrected chi connectivity index (χ3v) is 2.62. The second-order valence-corrected chi connectivity index (χ2v) is 4.86. The predicted molar refractivity (Wildman–Crippen MR) is 67.3 cm³/mol. The molecule has 2 nitrogen and oxygen atoms in total. The van der Waals surface area contributed by atoms with E-state index in [1.807, 2.05) is 31.3 Å². The summed E-state index contributed by atoms with van der Waals surface area (Å²) in [5.41, 5.74) is 0.957. The first kappa shape index (κ1) is 13.0. The Hall–Kier alpha value is -1.04. The Morgan fingerprint density at radius 2 is 2.12 bits per heavy atom. The summed E-state index contributed by atoms with van der Waals surface area (Å²) in [7, 11) is 1.97. The molecule has 0 radical (unpaired) electrons. The van der Waals surface area contributed by atoms with Crippen molar-refractivity contribution in [1.29, 1.82) is 5.26 Å². The van der Waals surface area contributed by atoms with Crippen molar-refractivity contribution in [2.45, 2.75) is 19.9 Å². The molecule has 0 spiro atoms. The van der Waals surface area contributed by atoms with Gasteiger partial charge in [0.15, 0.2) is 0 Å². The van der Waals surface area contributed by atoms with Gasteiger partial charge in [0, 0.05) is 11.6 Å². The van der Waals surface area contributed by atoms with Crippen molar-refractivity contribution in [3.05, 3.63) is 34.9 Å². The van der Waals surface area contributed by atoms with Crippen molar-refractivity contribution < 1.29 is 0 Å². The first-order valence-corrected chi connectivity index (χ1v) is 5.77. The molecule has 0 aliphatic carbocycles. The quantitative estimate of drug-likeness (QED) is 0.800. The first-order chi connectivity index (χ1) is 7.54. The molecule has 86 valence electrons. The van der Waals surface area contributed by atoms with Crippen LogP contribution in [-0.4, -0.2) is 18.5 Å². The Balaban J connectivity index is 2.86. The monoisotopic (exact) mass is 236 g/mol. The minimum absolute atomic E-state index is 0.221. The molecule has 0 saturated heterocycles. The van der Waals surface area contributed by atoms with Crippen LogP contribution >= 0.6 is 11.6 Å². The fourth-order valence-electron chi connectivity index (χ4n) is 1.79. The highest BCUT2D eigenvalue weighted by Gasteiger charge is 2.17. The summed E-state index contributed by atoms with van der Waals surface area (Å²) in [5, 5.41) is 9.90. The average molecular weight is 237 g/mol. The SMILES string of the molecule is CC(C)CN(C)C(C#N)c1cccc(Cl)c1. The van der Waals surface area contributed by atoms with Gasteiger partial charge in [0.25, 0.3) is 0 Å². The second-order valence-electron chi connectivity index (χ2n) is 4.42. The number of nitriles is 1. The number of hydrogen-bond donors (Lipinski definition) is 0. The molecule has 0 aliphatic rings. The Kier molecular flexibility index (Phi) is 4.79. The number of benzene rings is 1. The third kappa shape index (κ3) is 3.52. The lowest BCUT2D eigenvalue weighted by molar-refractivity contribution is 0.259. The molecule has 1 atom stereocenters. The van der Waals surface area contributed by atoms with E-state index in [2.05, 4.69) is 24.8 Å². The molecule has 0 heterocycles. The van der Waals surface area contributed by atoms with Crippen molar-refractivity contribution in [1.82, 2.24) is 4.90 Å². The van der Waals surface area contributed by atoms with Gasteiger partial charge in [0.05, 0.1) is 6.07 Å². The fourth-order valence-corrected chi connectivity index (χ4v) is 1.98. The Morgan fingerprint density at radius 1 is 1.44 bits per heavy atom. The summed E-state index contributed by atoms with van der Waals surface area (Å²) in [6.45, 7) is 5.18. The number of halogens is 1. The summed E-state index contributed by atoms with van der Waals surface area (Å²) in [6, 6.07) is 9.59. The van der Waals surface area contributed by atoms with Crippen LogP contribution < -0.4 is 0 Å². The molecular formula is C13H17ClN2. The zero-order valence-electron chi connectivity index (χ0n) is 9.94. The van der Waals surface area contributed by atoms with Crippen LogP contribution in [0.3, 0.4) is 0 Å². The topological polar surface area (TPSA) is 27.0 Å². The van der Waals surface area contributed by atoms with Gasteiger partial charge in [0.2, 0.25) is 0 Å². The third-order valence-electron chi connectivity index (χ3n) is 2.38. The highest BCUT2D eigenvalue weighted by molar-refractivity contribution is 6.30. The van der Waals surface area contributed by atoms with Crippen LogP contribution in [0.1, 0.15) is 25.5 Å². The molecule has 1 rings (SSSR count). The van der Waals surface area contributed by atoms with E-state index in [-0.39, 0.29) is 6.04 Å². The zero-order valence-corrected chi connectivity index (χ0v) is 10.7. The normalized spacial score (nSPS) is 12.8. The molecule has 0 N–H and O–H groups in total. The predicted octanol–water partition coefficient (Wildman–Crippen LogP) is 3.49.